The molecule has 1 heterocycles. The Kier molecular flexibility index (Phi) is 2.36. The van der Waals surface area contributed by atoms with Gasteiger partial charge in [-0.05, 0) is 0 Å². The van der Waals surface area contributed by atoms with Crippen LogP contribution in [0.1, 0.15) is 31.3 Å². The van der Waals surface area contributed by atoms with Gasteiger partial charge >= 0.3 is 6.18 Å². The van der Waals surface area contributed by atoms with Gasteiger partial charge in [0.05, 0.1) is 0 Å². The van der Waals surface area contributed by atoms with Crippen LogP contribution >= 0.6 is 0 Å². The second-order valence-electron chi connectivity index (χ2n) is 3.25. The van der Waals surface area contributed by atoms with Crippen molar-refractivity contribution in [2.45, 2.75) is 25.9 Å². The van der Waals surface area contributed by atoms with Gasteiger partial charge in [-0.2, -0.15) is 13.2 Å². The Labute approximate surface area is 74.4 Å². The smallest absolute Gasteiger partial charge is 0.337 e. The number of hydrogen-bond acceptors (Lipinski definition) is 1. The van der Waals surface area contributed by atoms with E-state index in [4.69, 9.17) is 0 Å². The molecule has 0 unspecified atom stereocenters. The molecule has 0 N–H and O–H groups in total. The summed E-state index contributed by atoms with van der Waals surface area (Å²) in [6.45, 7) is 3.62. The molecule has 13 heavy (non-hydrogen) atoms. The third kappa shape index (κ3) is 2.02. The number of aromatic nitrogens is 2. The quantitative estimate of drug-likeness (QED) is 0.668. The van der Waals surface area contributed by atoms with Gasteiger partial charge in [0.2, 0.25) is 0 Å². The Morgan fingerprint density at radius 2 is 1.92 bits per heavy atom. The molecule has 1 aromatic heterocycles. The van der Waals surface area contributed by atoms with Crippen LogP contribution in [0.3, 0.4) is 0 Å². The molecule has 5 heteroatoms. The fraction of sp³-hybridized carbons (Fsp3) is 0.625. The largest absolute Gasteiger partial charge is 0.434 e. The molecule has 1 rings (SSSR count). The van der Waals surface area contributed by atoms with E-state index in [1.165, 1.54) is 4.57 Å². The van der Waals surface area contributed by atoms with Crippen molar-refractivity contribution < 1.29 is 13.2 Å². The van der Waals surface area contributed by atoms with Crippen molar-refractivity contribution in [3.05, 3.63) is 17.7 Å². The highest BCUT2D eigenvalue weighted by Gasteiger charge is 2.34. The summed E-state index contributed by atoms with van der Waals surface area (Å²) in [5.74, 6) is 0.452. The zero-order valence-electron chi connectivity index (χ0n) is 7.68. The standard InChI is InChI=1S/C8H11F3N2/c1-5(2)7-12-6(4-13(7)3)8(9,10)11/h4-5H,1-3H3. The lowest BCUT2D eigenvalue weighted by atomic mass is 10.2. The second-order valence-corrected chi connectivity index (χ2v) is 3.25. The minimum atomic E-state index is -4.34. The first-order valence-electron chi connectivity index (χ1n) is 3.93. The molecule has 0 fully saturated rings. The van der Waals surface area contributed by atoms with Crippen molar-refractivity contribution in [2.75, 3.05) is 0 Å². The lowest BCUT2D eigenvalue weighted by Gasteiger charge is -2.02. The molecule has 0 aliphatic rings. The number of aryl methyl sites for hydroxylation is 1. The third-order valence-corrected chi connectivity index (χ3v) is 1.72. The SMILES string of the molecule is CC(C)c1nc(C(F)(F)F)cn1C. The molecular weight excluding hydrogens is 181 g/mol. The summed E-state index contributed by atoms with van der Waals surface area (Å²) in [5, 5.41) is 0. The minimum absolute atomic E-state index is 0.00102. The Morgan fingerprint density at radius 3 is 2.15 bits per heavy atom. The first kappa shape index (κ1) is 10.1. The number of hydrogen-bond donors (Lipinski definition) is 0. The average molecular weight is 192 g/mol. The molecule has 0 atom stereocenters. The number of nitrogens with zero attached hydrogens (tertiary/aromatic N) is 2. The van der Waals surface area contributed by atoms with Crippen molar-refractivity contribution in [1.29, 1.82) is 0 Å². The van der Waals surface area contributed by atoms with E-state index < -0.39 is 11.9 Å². The van der Waals surface area contributed by atoms with Crippen LogP contribution in [0.5, 0.6) is 0 Å². The third-order valence-electron chi connectivity index (χ3n) is 1.72. The number of alkyl halides is 3. The van der Waals surface area contributed by atoms with Crippen LogP contribution in [0.25, 0.3) is 0 Å². The summed E-state index contributed by atoms with van der Waals surface area (Å²) < 4.78 is 37.9. The Balaban J connectivity index is 3.10. The number of imidazole rings is 1. The zero-order chi connectivity index (χ0) is 10.2. The molecule has 0 bridgehead atoms. The lowest BCUT2D eigenvalue weighted by molar-refractivity contribution is -0.141. The summed E-state index contributed by atoms with van der Waals surface area (Å²) in [7, 11) is 1.57. The Bertz CT molecular complexity index is 299. The minimum Gasteiger partial charge on any atom is -0.337 e. The van der Waals surface area contributed by atoms with E-state index in [0.29, 0.717) is 5.82 Å². The molecule has 0 radical (unpaired) electrons. The van der Waals surface area contributed by atoms with E-state index in [1.54, 1.807) is 7.05 Å². The summed E-state index contributed by atoms with van der Waals surface area (Å²) in [4.78, 5) is 3.52. The topological polar surface area (TPSA) is 17.8 Å². The molecular formula is C8H11F3N2. The van der Waals surface area contributed by atoms with E-state index in [1.807, 2.05) is 13.8 Å². The van der Waals surface area contributed by atoms with Crippen LogP contribution < -0.4 is 0 Å². The van der Waals surface area contributed by atoms with Crippen molar-refractivity contribution in [1.82, 2.24) is 9.55 Å². The van der Waals surface area contributed by atoms with Gasteiger partial charge in [-0.25, -0.2) is 4.98 Å². The average Bonchev–Trinajstić information content (AvgIpc) is 2.29. The highest BCUT2D eigenvalue weighted by Crippen LogP contribution is 2.29. The zero-order valence-corrected chi connectivity index (χ0v) is 7.68. The van der Waals surface area contributed by atoms with Crippen LogP contribution in [0, 0.1) is 0 Å². The number of halogens is 3. The van der Waals surface area contributed by atoms with Gasteiger partial charge in [-0.15, -0.1) is 0 Å². The summed E-state index contributed by atoms with van der Waals surface area (Å²) in [6.07, 6.45) is -3.33. The summed E-state index contributed by atoms with van der Waals surface area (Å²) >= 11 is 0. The van der Waals surface area contributed by atoms with Gasteiger partial charge in [-0.3, -0.25) is 0 Å². The van der Waals surface area contributed by atoms with Gasteiger partial charge < -0.3 is 4.57 Å². The summed E-state index contributed by atoms with van der Waals surface area (Å²) in [6, 6.07) is 0. The van der Waals surface area contributed by atoms with Gasteiger partial charge in [0.15, 0.2) is 5.69 Å². The summed E-state index contributed by atoms with van der Waals surface area (Å²) in [5.41, 5.74) is -0.821. The Morgan fingerprint density at radius 1 is 1.38 bits per heavy atom. The predicted molar refractivity (Wildman–Crippen MR) is 42.3 cm³/mol. The molecule has 0 spiro atoms. The van der Waals surface area contributed by atoms with E-state index in [-0.39, 0.29) is 5.92 Å². The molecule has 74 valence electrons. The van der Waals surface area contributed by atoms with Crippen molar-refractivity contribution >= 4 is 0 Å². The highest BCUT2D eigenvalue weighted by molar-refractivity contribution is 5.09. The van der Waals surface area contributed by atoms with Gasteiger partial charge in [0.1, 0.15) is 5.82 Å². The maximum atomic E-state index is 12.2. The van der Waals surface area contributed by atoms with E-state index in [2.05, 4.69) is 4.98 Å². The Hall–Kier alpha value is -1.00. The first-order valence-corrected chi connectivity index (χ1v) is 3.93. The molecule has 0 amide bonds. The monoisotopic (exact) mass is 192 g/mol. The fourth-order valence-corrected chi connectivity index (χ4v) is 1.15. The highest BCUT2D eigenvalue weighted by atomic mass is 19.4. The van der Waals surface area contributed by atoms with Crippen molar-refractivity contribution in [2.24, 2.45) is 7.05 Å². The van der Waals surface area contributed by atoms with E-state index >= 15 is 0 Å². The lowest BCUT2D eigenvalue weighted by Crippen LogP contribution is -2.05. The first-order chi connectivity index (χ1) is 5.82. The molecule has 2 nitrogen and oxygen atoms in total. The molecule has 1 aromatic rings. The maximum Gasteiger partial charge on any atom is 0.434 e. The van der Waals surface area contributed by atoms with Crippen molar-refractivity contribution in [3.63, 3.8) is 0 Å². The van der Waals surface area contributed by atoms with Crippen LogP contribution in [0.15, 0.2) is 6.20 Å². The van der Waals surface area contributed by atoms with E-state index in [9.17, 15) is 13.2 Å². The van der Waals surface area contributed by atoms with Gasteiger partial charge in [-0.1, -0.05) is 13.8 Å². The van der Waals surface area contributed by atoms with Crippen LogP contribution in [0.4, 0.5) is 13.2 Å². The van der Waals surface area contributed by atoms with Crippen LogP contribution in [-0.4, -0.2) is 9.55 Å². The number of rotatable bonds is 1. The maximum absolute atomic E-state index is 12.2. The fourth-order valence-electron chi connectivity index (χ4n) is 1.15. The molecule has 0 aromatic carbocycles. The van der Waals surface area contributed by atoms with E-state index in [0.717, 1.165) is 6.20 Å². The van der Waals surface area contributed by atoms with Crippen LogP contribution in [0.2, 0.25) is 0 Å². The van der Waals surface area contributed by atoms with Crippen LogP contribution in [-0.2, 0) is 13.2 Å². The molecule has 0 aliphatic heterocycles. The molecule has 0 saturated heterocycles. The van der Waals surface area contributed by atoms with Gasteiger partial charge in [0.25, 0.3) is 0 Å². The van der Waals surface area contributed by atoms with Crippen molar-refractivity contribution in [3.8, 4) is 0 Å². The molecule has 0 aliphatic carbocycles. The second kappa shape index (κ2) is 3.05. The predicted octanol–water partition coefficient (Wildman–Crippen LogP) is 2.56. The van der Waals surface area contributed by atoms with Gasteiger partial charge in [0, 0.05) is 19.2 Å². The normalized spacial score (nSPS) is 12.5. The molecule has 0 saturated carbocycles.